The summed E-state index contributed by atoms with van der Waals surface area (Å²) in [4.78, 5) is 0. The standard InChI is InChI=1S/C34H70O6P2/c1-5-9-13-17-21-25-29-41(37,30-26-22-18-14-10-6-2)39-34(33(35)36)40-42(38,31-27-23-19-15-11-7-3)32-28-24-20-16-12-8-4/h35-36H,5-32H2,1-4H3. The van der Waals surface area contributed by atoms with Crippen LogP contribution in [0.15, 0.2) is 11.9 Å². The Morgan fingerprint density at radius 1 is 0.405 bits per heavy atom. The second-order valence-corrected chi connectivity index (χ2v) is 17.8. The molecule has 0 amide bonds. The van der Waals surface area contributed by atoms with Crippen LogP contribution in [0, 0.1) is 0 Å². The Kier molecular flexibility index (Phi) is 27.5. The van der Waals surface area contributed by atoms with Crippen molar-refractivity contribution in [2.75, 3.05) is 24.6 Å². The van der Waals surface area contributed by atoms with E-state index in [1.165, 1.54) is 77.0 Å². The summed E-state index contributed by atoms with van der Waals surface area (Å²) in [6.45, 7) is 8.76. The van der Waals surface area contributed by atoms with Gasteiger partial charge in [0.1, 0.15) is 0 Å². The van der Waals surface area contributed by atoms with Gasteiger partial charge in [0.2, 0.25) is 0 Å². The minimum Gasteiger partial charge on any atom is -0.476 e. The van der Waals surface area contributed by atoms with Crippen LogP contribution in [-0.4, -0.2) is 34.9 Å². The molecular formula is C34H70O6P2. The fourth-order valence-electron chi connectivity index (χ4n) is 5.34. The minimum absolute atomic E-state index is 0.382. The Bertz CT molecular complexity index is 642. The highest BCUT2D eigenvalue weighted by Gasteiger charge is 2.33. The highest BCUT2D eigenvalue weighted by atomic mass is 31.2. The molecule has 0 aliphatic carbocycles. The van der Waals surface area contributed by atoms with Gasteiger partial charge in [-0.25, -0.2) is 0 Å². The minimum atomic E-state index is -3.24. The topological polar surface area (TPSA) is 93.1 Å². The molecule has 0 saturated heterocycles. The molecular weight excluding hydrogens is 566 g/mol. The molecule has 6 nitrogen and oxygen atoms in total. The zero-order valence-electron chi connectivity index (χ0n) is 28.2. The van der Waals surface area contributed by atoms with E-state index in [2.05, 4.69) is 27.7 Å². The summed E-state index contributed by atoms with van der Waals surface area (Å²) < 4.78 is 40.0. The molecule has 8 heteroatoms. The maximum Gasteiger partial charge on any atom is 0.374 e. The predicted octanol–water partition coefficient (Wildman–Crippen LogP) is 13.3. The zero-order valence-corrected chi connectivity index (χ0v) is 30.0. The lowest BCUT2D eigenvalue weighted by Gasteiger charge is -2.25. The van der Waals surface area contributed by atoms with Crippen molar-refractivity contribution in [3.63, 3.8) is 0 Å². The van der Waals surface area contributed by atoms with Crippen molar-refractivity contribution in [3.8, 4) is 0 Å². The Hall–Kier alpha value is -0.600. The Morgan fingerprint density at radius 2 is 0.619 bits per heavy atom. The van der Waals surface area contributed by atoms with Crippen LogP contribution in [0.1, 0.15) is 182 Å². The number of aliphatic hydroxyl groups is 2. The summed E-state index contributed by atoms with van der Waals surface area (Å²) in [5.41, 5.74) is 0. The summed E-state index contributed by atoms with van der Waals surface area (Å²) in [7, 11) is -6.48. The number of hydrogen-bond acceptors (Lipinski definition) is 6. The monoisotopic (exact) mass is 636 g/mol. The van der Waals surface area contributed by atoms with Crippen LogP contribution in [0.3, 0.4) is 0 Å². The lowest BCUT2D eigenvalue weighted by molar-refractivity contribution is 0.110. The van der Waals surface area contributed by atoms with E-state index in [9.17, 15) is 19.3 Å². The van der Waals surface area contributed by atoms with Crippen molar-refractivity contribution >= 4 is 14.7 Å². The molecule has 0 bridgehead atoms. The van der Waals surface area contributed by atoms with Gasteiger partial charge < -0.3 is 19.3 Å². The van der Waals surface area contributed by atoms with Gasteiger partial charge in [-0.05, 0) is 25.7 Å². The van der Waals surface area contributed by atoms with Crippen molar-refractivity contribution in [2.24, 2.45) is 0 Å². The van der Waals surface area contributed by atoms with Gasteiger partial charge in [-0.15, -0.1) is 0 Å². The van der Waals surface area contributed by atoms with Crippen molar-refractivity contribution in [1.82, 2.24) is 0 Å². The lowest BCUT2D eigenvalue weighted by Crippen LogP contribution is -2.08. The van der Waals surface area contributed by atoms with Gasteiger partial charge in [-0.1, -0.05) is 156 Å². The highest BCUT2D eigenvalue weighted by molar-refractivity contribution is 7.59. The average molecular weight is 637 g/mol. The molecule has 252 valence electrons. The van der Waals surface area contributed by atoms with Gasteiger partial charge in [0.15, 0.2) is 0 Å². The molecule has 42 heavy (non-hydrogen) atoms. The Morgan fingerprint density at radius 3 is 0.833 bits per heavy atom. The van der Waals surface area contributed by atoms with Gasteiger partial charge in [-0.2, -0.15) is 0 Å². The summed E-state index contributed by atoms with van der Waals surface area (Å²) in [5, 5.41) is 20.3. The van der Waals surface area contributed by atoms with Crippen LogP contribution in [0.4, 0.5) is 0 Å². The number of aliphatic hydroxyl groups excluding tert-OH is 1. The zero-order chi connectivity index (χ0) is 31.4. The first kappa shape index (κ1) is 41.4. The van der Waals surface area contributed by atoms with Crippen molar-refractivity contribution in [3.05, 3.63) is 11.9 Å². The smallest absolute Gasteiger partial charge is 0.374 e. The summed E-state index contributed by atoms with van der Waals surface area (Å²) >= 11 is 0. The van der Waals surface area contributed by atoms with Crippen LogP contribution in [0.2, 0.25) is 0 Å². The molecule has 0 unspecified atom stereocenters. The van der Waals surface area contributed by atoms with Crippen LogP contribution >= 0.6 is 14.7 Å². The van der Waals surface area contributed by atoms with E-state index in [4.69, 9.17) is 9.05 Å². The molecule has 0 aliphatic rings. The quantitative estimate of drug-likeness (QED) is 0.0433. The fourth-order valence-corrected chi connectivity index (χ4v) is 9.87. The SMILES string of the molecule is CCCCCCCCP(=O)(CCCCCCCC)OC(OP(=O)(CCCCCCCC)CCCCCCCC)=C(O)O. The molecule has 0 aromatic rings. The molecule has 0 rings (SSSR count). The fraction of sp³-hybridized carbons (Fsp3) is 0.941. The molecule has 0 heterocycles. The van der Waals surface area contributed by atoms with Crippen LogP contribution in [0.5, 0.6) is 0 Å². The third-order valence-corrected chi connectivity index (χ3v) is 13.1. The van der Waals surface area contributed by atoms with Crippen molar-refractivity contribution in [2.45, 2.75) is 182 Å². The molecule has 0 fully saturated rings. The third-order valence-electron chi connectivity index (χ3n) is 8.09. The summed E-state index contributed by atoms with van der Waals surface area (Å²) in [6, 6.07) is 0. The molecule has 0 aliphatic heterocycles. The van der Waals surface area contributed by atoms with Crippen LogP contribution < -0.4 is 0 Å². The molecule has 0 atom stereocenters. The van der Waals surface area contributed by atoms with E-state index < -0.39 is 26.6 Å². The molecule has 2 N–H and O–H groups in total. The van der Waals surface area contributed by atoms with E-state index in [1.54, 1.807) is 0 Å². The van der Waals surface area contributed by atoms with Crippen LogP contribution in [-0.2, 0) is 18.2 Å². The molecule has 0 aromatic carbocycles. The van der Waals surface area contributed by atoms with Gasteiger partial charge in [0.05, 0.1) is 0 Å². The van der Waals surface area contributed by atoms with Gasteiger partial charge >= 0.3 is 11.9 Å². The first-order valence-corrected chi connectivity index (χ1v) is 21.9. The summed E-state index contributed by atoms with van der Waals surface area (Å²) in [5.74, 6) is -1.72. The molecule has 0 saturated carbocycles. The lowest BCUT2D eigenvalue weighted by atomic mass is 10.1. The number of unbranched alkanes of at least 4 members (excludes halogenated alkanes) is 20. The second kappa shape index (κ2) is 27.9. The summed E-state index contributed by atoms with van der Waals surface area (Å²) in [6.07, 6.45) is 27.1. The van der Waals surface area contributed by atoms with E-state index >= 15 is 0 Å². The number of hydrogen-bond donors (Lipinski definition) is 2. The van der Waals surface area contributed by atoms with E-state index in [0.29, 0.717) is 24.6 Å². The molecule has 0 aromatic heterocycles. The Labute approximate surface area is 261 Å². The largest absolute Gasteiger partial charge is 0.476 e. The van der Waals surface area contributed by atoms with Gasteiger partial charge in [0, 0.05) is 24.6 Å². The van der Waals surface area contributed by atoms with E-state index in [-0.39, 0.29) is 0 Å². The average Bonchev–Trinajstić information content (AvgIpc) is 2.96. The molecule has 0 spiro atoms. The number of rotatable bonds is 32. The Balaban J connectivity index is 5.44. The van der Waals surface area contributed by atoms with E-state index in [1.807, 2.05) is 0 Å². The first-order valence-electron chi connectivity index (χ1n) is 17.9. The molecule has 0 radical (unpaired) electrons. The normalized spacial score (nSPS) is 12.0. The van der Waals surface area contributed by atoms with Crippen LogP contribution in [0.25, 0.3) is 0 Å². The first-order chi connectivity index (χ1) is 20.3. The highest BCUT2D eigenvalue weighted by Crippen LogP contribution is 2.56. The second-order valence-electron chi connectivity index (χ2n) is 12.4. The predicted molar refractivity (Wildman–Crippen MR) is 183 cm³/mol. The maximum absolute atomic E-state index is 14.1. The third kappa shape index (κ3) is 23.8. The van der Waals surface area contributed by atoms with Gasteiger partial charge in [0.25, 0.3) is 14.7 Å². The van der Waals surface area contributed by atoms with E-state index in [0.717, 1.165) is 77.0 Å². The maximum atomic E-state index is 14.1. The van der Waals surface area contributed by atoms with Crippen molar-refractivity contribution < 1.29 is 28.4 Å². The van der Waals surface area contributed by atoms with Crippen molar-refractivity contribution in [1.29, 1.82) is 0 Å². The van der Waals surface area contributed by atoms with Gasteiger partial charge in [-0.3, -0.25) is 9.13 Å².